The zero-order valence-electron chi connectivity index (χ0n) is 43.2. The second-order valence-corrected chi connectivity index (χ2v) is 19.3. The summed E-state index contributed by atoms with van der Waals surface area (Å²) in [6.07, 6.45) is 2.78. The number of fused-ring (bicyclic) bond motifs is 1. The Balaban J connectivity index is 1.34. The maximum absolute atomic E-state index is 13.8. The molecule has 26 nitrogen and oxygen atoms in total. The van der Waals surface area contributed by atoms with Gasteiger partial charge in [0.05, 0.1) is 38.4 Å². The number of carboxylic acids is 7. The van der Waals surface area contributed by atoms with Crippen LogP contribution in [0.25, 0.3) is 10.8 Å². The summed E-state index contributed by atoms with van der Waals surface area (Å²) < 4.78 is 0. The molecule has 0 saturated carbocycles. The van der Waals surface area contributed by atoms with Crippen LogP contribution in [0.4, 0.5) is 10.5 Å². The molecule has 2 heterocycles. The molecule has 1 saturated heterocycles. The van der Waals surface area contributed by atoms with Crippen LogP contribution in [0.5, 0.6) is 0 Å². The van der Waals surface area contributed by atoms with Gasteiger partial charge < -0.3 is 61.9 Å². The van der Waals surface area contributed by atoms with Gasteiger partial charge in [0.15, 0.2) is 5.11 Å². The first-order valence-electron chi connectivity index (χ1n) is 25.4. The summed E-state index contributed by atoms with van der Waals surface area (Å²) in [6, 6.07) is 12.1. The lowest BCUT2D eigenvalue weighted by molar-refractivity contribution is -0.142. The maximum Gasteiger partial charge on any atom is 0.326 e. The van der Waals surface area contributed by atoms with E-state index in [0.717, 1.165) is 16.3 Å². The fourth-order valence-electron chi connectivity index (χ4n) is 8.86. The number of carboxylic acid groups (broad SMARTS) is 7. The first-order chi connectivity index (χ1) is 37.1. The molecule has 1 aliphatic rings. The van der Waals surface area contributed by atoms with Crippen LogP contribution in [-0.2, 0) is 51.3 Å². The molecule has 1 aliphatic heterocycles. The standard InChI is InChI=1S/C51H70N10O16S/c62-42(61(29-41-38-8-2-1-7-35(38)17-19-52-41)20-6-4-9-39(48(73)74)55-50(77)56-40(49(75)76)15-16-43(63)64)10-3-5-18-53-51(78)54-36-13-11-34(12-14-36)27-37-28-59(32-46(69)70)24-23-57(30-44(65)66)21-22-58(31-45(67)68)25-26-60(37)33-47(71)72/h1-2,7-8,11-14,17,19,37,39-40H,3-6,9-10,15-16,18,20-33H2,(H,63,64)(H,65,66)(H,67,68)(H,69,70)(H,71,72)(H,73,74)(H,75,76)(H2,53,54,78)(H2,55,56,77)/t37?,39?,40-/m0/s1. The first kappa shape index (κ1) is 62.9. The number of rotatable bonds is 30. The van der Waals surface area contributed by atoms with E-state index in [1.54, 1.807) is 42.8 Å². The van der Waals surface area contributed by atoms with Gasteiger partial charge in [0.2, 0.25) is 5.91 Å². The van der Waals surface area contributed by atoms with Gasteiger partial charge in [-0.1, -0.05) is 36.4 Å². The zero-order chi connectivity index (χ0) is 57.1. The lowest BCUT2D eigenvalue weighted by Gasteiger charge is -2.37. The molecule has 1 fully saturated rings. The molecule has 0 radical (unpaired) electrons. The minimum atomic E-state index is -1.55. The van der Waals surface area contributed by atoms with Gasteiger partial charge >= 0.3 is 47.8 Å². The van der Waals surface area contributed by atoms with Crippen LogP contribution in [0.2, 0.25) is 0 Å². The molecule has 0 bridgehead atoms. The molecule has 1 aromatic heterocycles. The number of carbonyl (C=O) groups excluding carboxylic acids is 2. The number of unbranched alkanes of at least 4 members (excludes halogenated alkanes) is 2. The number of aromatic nitrogens is 1. The number of nitrogens with zero attached hydrogens (tertiary/aromatic N) is 6. The SMILES string of the molecule is O=C(O)CC[C@H](NC(=O)NC(CCCCN(Cc1nccc2ccccc12)C(=O)CCCCNC(=S)Nc1ccc(CC2CN(CC(=O)O)CCN(CC(=O)O)CCN(CC(=O)O)CCN2CC(=O)O)cc1)C(=O)O)C(=O)O. The highest BCUT2D eigenvalue weighted by Crippen LogP contribution is 2.20. The summed E-state index contributed by atoms with van der Waals surface area (Å²) in [6.45, 7) is 0.531. The molecule has 2 aromatic carbocycles. The molecule has 4 rings (SSSR count). The summed E-state index contributed by atoms with van der Waals surface area (Å²) in [5.41, 5.74) is 2.09. The highest BCUT2D eigenvalue weighted by molar-refractivity contribution is 7.80. The number of amides is 3. The first-order valence-corrected chi connectivity index (χ1v) is 25.8. The number of aliphatic carboxylic acids is 7. The molecule has 27 heteroatoms. The van der Waals surface area contributed by atoms with E-state index < -0.39 is 85.3 Å². The lowest BCUT2D eigenvalue weighted by atomic mass is 10.0. The number of urea groups is 1. The zero-order valence-corrected chi connectivity index (χ0v) is 44.0. The molecule has 426 valence electrons. The van der Waals surface area contributed by atoms with E-state index in [1.165, 1.54) is 0 Å². The predicted molar refractivity (Wildman–Crippen MR) is 286 cm³/mol. The second kappa shape index (κ2) is 32.9. The lowest BCUT2D eigenvalue weighted by Crippen LogP contribution is -2.53. The van der Waals surface area contributed by atoms with Crippen LogP contribution in [0.15, 0.2) is 60.8 Å². The van der Waals surface area contributed by atoms with Crippen LogP contribution < -0.4 is 21.3 Å². The molecular weight excluding hydrogens is 1040 g/mol. The van der Waals surface area contributed by atoms with Crippen molar-refractivity contribution in [2.24, 2.45) is 0 Å². The van der Waals surface area contributed by atoms with E-state index in [4.69, 9.17) is 17.3 Å². The minimum Gasteiger partial charge on any atom is -0.481 e. The highest BCUT2D eigenvalue weighted by atomic mass is 32.1. The summed E-state index contributed by atoms with van der Waals surface area (Å²) in [4.78, 5) is 121. The fourth-order valence-corrected chi connectivity index (χ4v) is 9.08. The van der Waals surface area contributed by atoms with Crippen LogP contribution in [-0.4, -0.2) is 227 Å². The normalized spacial score (nSPS) is 15.8. The van der Waals surface area contributed by atoms with Gasteiger partial charge in [-0.15, -0.1) is 0 Å². The van der Waals surface area contributed by atoms with Gasteiger partial charge in [-0.2, -0.15) is 0 Å². The molecule has 0 aliphatic carbocycles. The largest absolute Gasteiger partial charge is 0.481 e. The summed E-state index contributed by atoms with van der Waals surface area (Å²) in [5, 5.41) is 79.6. The second-order valence-electron chi connectivity index (χ2n) is 18.8. The summed E-state index contributed by atoms with van der Waals surface area (Å²) >= 11 is 5.56. The van der Waals surface area contributed by atoms with Crippen molar-refractivity contribution in [3.8, 4) is 0 Å². The Kier molecular flexibility index (Phi) is 26.5. The van der Waals surface area contributed by atoms with Crippen molar-refractivity contribution < 1.29 is 78.9 Å². The monoisotopic (exact) mass is 1110 g/mol. The third-order valence-corrected chi connectivity index (χ3v) is 13.1. The van der Waals surface area contributed by atoms with E-state index >= 15 is 0 Å². The van der Waals surface area contributed by atoms with Crippen molar-refractivity contribution in [2.75, 3.05) is 90.4 Å². The van der Waals surface area contributed by atoms with E-state index in [9.17, 15) is 73.8 Å². The van der Waals surface area contributed by atoms with Gasteiger partial charge in [0.25, 0.3) is 0 Å². The Morgan fingerprint density at radius 1 is 0.628 bits per heavy atom. The fraction of sp³-hybridized carbons (Fsp3) is 0.510. The van der Waals surface area contributed by atoms with Gasteiger partial charge in [-0.05, 0) is 86.3 Å². The Morgan fingerprint density at radius 2 is 1.21 bits per heavy atom. The molecule has 11 N–H and O–H groups in total. The Morgan fingerprint density at radius 3 is 1.81 bits per heavy atom. The maximum atomic E-state index is 13.8. The van der Waals surface area contributed by atoms with Crippen molar-refractivity contribution in [1.82, 2.24) is 45.4 Å². The molecule has 78 heavy (non-hydrogen) atoms. The van der Waals surface area contributed by atoms with E-state index in [1.807, 2.05) is 42.5 Å². The average molecular weight is 1110 g/mol. The Bertz CT molecular complexity index is 2540. The van der Waals surface area contributed by atoms with Crippen molar-refractivity contribution in [2.45, 2.75) is 82.5 Å². The van der Waals surface area contributed by atoms with E-state index in [0.29, 0.717) is 48.7 Å². The van der Waals surface area contributed by atoms with Crippen LogP contribution in [0.1, 0.15) is 62.6 Å². The average Bonchev–Trinajstić information content (AvgIpc) is 3.36. The number of thiocarbonyl (C=S) groups is 1. The highest BCUT2D eigenvalue weighted by Gasteiger charge is 2.29. The quantitative estimate of drug-likeness (QED) is 0.0332. The molecule has 0 spiro atoms. The molecular formula is C51H70N10O16S. The topological polar surface area (TPSA) is 372 Å². The summed E-state index contributed by atoms with van der Waals surface area (Å²) in [7, 11) is 0. The summed E-state index contributed by atoms with van der Waals surface area (Å²) in [5.74, 6) is -8.68. The molecule has 3 atom stereocenters. The third-order valence-electron chi connectivity index (χ3n) is 12.8. The predicted octanol–water partition coefficient (Wildman–Crippen LogP) is 1.43. The number of nitrogens with one attached hydrogen (secondary N) is 4. The number of pyridine rings is 1. The van der Waals surface area contributed by atoms with Crippen LogP contribution >= 0.6 is 12.2 Å². The van der Waals surface area contributed by atoms with E-state index in [-0.39, 0.29) is 104 Å². The number of anilines is 1. The van der Waals surface area contributed by atoms with Crippen LogP contribution in [0, 0.1) is 0 Å². The van der Waals surface area contributed by atoms with Crippen molar-refractivity contribution in [3.63, 3.8) is 0 Å². The van der Waals surface area contributed by atoms with Crippen molar-refractivity contribution in [1.29, 1.82) is 0 Å². The molecule has 3 aromatic rings. The van der Waals surface area contributed by atoms with Gasteiger partial charge in [-0.3, -0.25) is 53.4 Å². The smallest absolute Gasteiger partial charge is 0.326 e. The number of hydrogen-bond donors (Lipinski definition) is 11. The van der Waals surface area contributed by atoms with Gasteiger partial charge in [0.1, 0.15) is 12.1 Å². The van der Waals surface area contributed by atoms with Crippen molar-refractivity contribution in [3.05, 3.63) is 72.1 Å². The number of hydrogen-bond acceptors (Lipinski definition) is 15. The van der Waals surface area contributed by atoms with Crippen LogP contribution in [0.3, 0.4) is 0 Å². The van der Waals surface area contributed by atoms with Crippen molar-refractivity contribution >= 4 is 87.5 Å². The van der Waals surface area contributed by atoms with Gasteiger partial charge in [-0.25, -0.2) is 14.4 Å². The third kappa shape index (κ3) is 23.7. The number of carbonyl (C=O) groups is 9. The molecule has 3 amide bonds. The molecule has 2 unspecified atom stereocenters. The van der Waals surface area contributed by atoms with Gasteiger partial charge in [0, 0.05) is 95.1 Å². The van der Waals surface area contributed by atoms with E-state index in [2.05, 4.69) is 26.3 Å². The number of benzene rings is 2. The Hall–Kier alpha value is -7.59. The minimum absolute atomic E-state index is 0.0479. The Labute approximate surface area is 455 Å².